The third-order valence-electron chi connectivity index (χ3n) is 4.33. The molecule has 2 fully saturated rings. The summed E-state index contributed by atoms with van der Waals surface area (Å²) < 4.78 is 5.30. The molecule has 18 heavy (non-hydrogen) atoms. The average Bonchev–Trinajstić information content (AvgIpc) is 2.39. The predicted molar refractivity (Wildman–Crippen MR) is 71.6 cm³/mol. The van der Waals surface area contributed by atoms with Gasteiger partial charge in [0.25, 0.3) is 0 Å². The van der Waals surface area contributed by atoms with Crippen molar-refractivity contribution in [3.63, 3.8) is 0 Å². The number of carbonyl (C=O) groups is 1. The van der Waals surface area contributed by atoms with Crippen molar-refractivity contribution in [2.45, 2.75) is 45.1 Å². The van der Waals surface area contributed by atoms with E-state index < -0.39 is 0 Å². The van der Waals surface area contributed by atoms with Gasteiger partial charge in [0.15, 0.2) is 0 Å². The molecule has 2 heterocycles. The van der Waals surface area contributed by atoms with Crippen molar-refractivity contribution < 1.29 is 9.53 Å². The second kappa shape index (κ2) is 6.41. The largest absolute Gasteiger partial charge is 0.449 e. The molecule has 0 bridgehead atoms. The van der Waals surface area contributed by atoms with Gasteiger partial charge in [0.1, 0.15) is 0 Å². The van der Waals surface area contributed by atoms with Gasteiger partial charge in [0, 0.05) is 19.1 Å². The number of carbonyl (C=O) groups excluding carboxylic acids is 1. The lowest BCUT2D eigenvalue weighted by Crippen LogP contribution is -2.54. The van der Waals surface area contributed by atoms with Crippen molar-refractivity contribution in [1.29, 1.82) is 0 Å². The Hall–Kier alpha value is -0.770. The van der Waals surface area contributed by atoms with Gasteiger partial charge in [-0.15, -0.1) is 0 Å². The maximum atomic E-state index is 11.9. The summed E-state index contributed by atoms with van der Waals surface area (Å²) >= 11 is 0. The number of rotatable bonds is 3. The van der Waals surface area contributed by atoms with Crippen molar-refractivity contribution in [2.75, 3.05) is 33.3 Å². The fourth-order valence-electron chi connectivity index (χ4n) is 3.21. The van der Waals surface area contributed by atoms with Crippen molar-refractivity contribution in [3.8, 4) is 0 Å². The molecule has 0 aromatic rings. The number of nitrogens with zero attached hydrogens (tertiary/aromatic N) is 2. The van der Waals surface area contributed by atoms with Crippen LogP contribution in [0.5, 0.6) is 0 Å². The van der Waals surface area contributed by atoms with E-state index in [1.807, 2.05) is 4.90 Å². The van der Waals surface area contributed by atoms with E-state index in [9.17, 15) is 4.79 Å². The van der Waals surface area contributed by atoms with Crippen molar-refractivity contribution >= 4 is 6.09 Å². The monoisotopic (exact) mass is 254 g/mol. The minimum Gasteiger partial charge on any atom is -0.449 e. The van der Waals surface area contributed by atoms with E-state index in [4.69, 9.17) is 4.74 Å². The highest BCUT2D eigenvalue weighted by Gasteiger charge is 2.36. The molecule has 2 aliphatic rings. The maximum absolute atomic E-state index is 11.9. The minimum absolute atomic E-state index is 0.102. The summed E-state index contributed by atoms with van der Waals surface area (Å²) in [5.74, 6) is 0.649. The molecule has 2 rings (SSSR count). The third kappa shape index (κ3) is 3.16. The Kier molecular flexibility index (Phi) is 4.87. The van der Waals surface area contributed by atoms with Gasteiger partial charge in [-0.05, 0) is 45.2 Å². The molecule has 1 amide bonds. The first-order chi connectivity index (χ1) is 8.72. The summed E-state index contributed by atoms with van der Waals surface area (Å²) in [7, 11) is 2.21. The molecule has 0 aliphatic carbocycles. The number of piperidine rings is 2. The molecule has 0 N–H and O–H groups in total. The lowest BCUT2D eigenvalue weighted by Gasteiger charge is -2.45. The van der Waals surface area contributed by atoms with E-state index in [-0.39, 0.29) is 6.09 Å². The minimum atomic E-state index is -0.102. The summed E-state index contributed by atoms with van der Waals surface area (Å²) in [5.41, 5.74) is 0. The molecule has 104 valence electrons. The van der Waals surface area contributed by atoms with Gasteiger partial charge >= 0.3 is 6.09 Å². The van der Waals surface area contributed by atoms with E-state index in [1.54, 1.807) is 0 Å². The van der Waals surface area contributed by atoms with Crippen LogP contribution >= 0.6 is 0 Å². The second-order valence-electron chi connectivity index (χ2n) is 5.65. The van der Waals surface area contributed by atoms with Crippen LogP contribution in [0, 0.1) is 5.92 Å². The Morgan fingerprint density at radius 1 is 1.33 bits per heavy atom. The van der Waals surface area contributed by atoms with E-state index in [1.165, 1.54) is 19.4 Å². The number of likely N-dealkylation sites (tertiary alicyclic amines) is 2. The zero-order valence-corrected chi connectivity index (χ0v) is 11.7. The number of hydrogen-bond donors (Lipinski definition) is 0. The van der Waals surface area contributed by atoms with Gasteiger partial charge in [0.05, 0.1) is 6.61 Å². The fraction of sp³-hybridized carbons (Fsp3) is 0.929. The molecule has 0 aromatic carbocycles. The predicted octanol–water partition coefficient (Wildman–Crippen LogP) is 2.34. The first kappa shape index (κ1) is 13.7. The smallest absolute Gasteiger partial charge is 0.409 e. The molecule has 0 aromatic heterocycles. The molecule has 2 aliphatic heterocycles. The molecule has 4 nitrogen and oxygen atoms in total. The summed E-state index contributed by atoms with van der Waals surface area (Å²) in [6.07, 6.45) is 5.56. The summed E-state index contributed by atoms with van der Waals surface area (Å²) in [5, 5.41) is 0. The van der Waals surface area contributed by atoms with Gasteiger partial charge in [-0.25, -0.2) is 4.79 Å². The summed E-state index contributed by atoms with van der Waals surface area (Å²) in [4.78, 5) is 16.3. The number of fused-ring (bicyclic) bond motifs is 1. The highest BCUT2D eigenvalue weighted by Crippen LogP contribution is 2.29. The van der Waals surface area contributed by atoms with E-state index >= 15 is 0 Å². The van der Waals surface area contributed by atoms with Gasteiger partial charge in [-0.1, -0.05) is 13.3 Å². The lowest BCUT2D eigenvalue weighted by molar-refractivity contribution is 0.0288. The molecule has 2 atom stereocenters. The zero-order chi connectivity index (χ0) is 13.0. The van der Waals surface area contributed by atoms with Crippen LogP contribution in [-0.4, -0.2) is 55.2 Å². The van der Waals surface area contributed by atoms with Crippen LogP contribution in [0.2, 0.25) is 0 Å². The normalized spacial score (nSPS) is 28.9. The quantitative estimate of drug-likeness (QED) is 0.725. The van der Waals surface area contributed by atoms with E-state index in [2.05, 4.69) is 18.9 Å². The number of hydrogen-bond acceptors (Lipinski definition) is 3. The van der Waals surface area contributed by atoms with Gasteiger partial charge < -0.3 is 14.5 Å². The highest BCUT2D eigenvalue weighted by molar-refractivity contribution is 5.67. The van der Waals surface area contributed by atoms with Crippen LogP contribution in [0.1, 0.15) is 39.0 Å². The van der Waals surface area contributed by atoms with E-state index in [0.717, 1.165) is 32.4 Å². The highest BCUT2D eigenvalue weighted by atomic mass is 16.6. The standard InChI is InChI=1S/C14H26N2O2/c1-3-4-10-18-14(17)16-9-7-13-12(11-16)6-5-8-15(13)2/h12-13H,3-11H2,1-2H3/t12-,13+/m0/s1. The fourth-order valence-corrected chi connectivity index (χ4v) is 3.21. The molecule has 4 heteroatoms. The molecule has 0 spiro atoms. The Morgan fingerprint density at radius 3 is 2.94 bits per heavy atom. The number of unbranched alkanes of at least 4 members (excludes halogenated alkanes) is 1. The second-order valence-corrected chi connectivity index (χ2v) is 5.65. The number of amides is 1. The van der Waals surface area contributed by atoms with Gasteiger partial charge in [-0.3, -0.25) is 0 Å². The molecular weight excluding hydrogens is 228 g/mol. The third-order valence-corrected chi connectivity index (χ3v) is 4.33. The zero-order valence-electron chi connectivity index (χ0n) is 11.7. The van der Waals surface area contributed by atoms with Crippen molar-refractivity contribution in [2.24, 2.45) is 5.92 Å². The molecule has 0 radical (unpaired) electrons. The van der Waals surface area contributed by atoms with Crippen molar-refractivity contribution in [3.05, 3.63) is 0 Å². The lowest BCUT2D eigenvalue weighted by atomic mass is 9.84. The van der Waals surface area contributed by atoms with Crippen LogP contribution in [0.4, 0.5) is 4.79 Å². The van der Waals surface area contributed by atoms with Crippen LogP contribution in [0.15, 0.2) is 0 Å². The van der Waals surface area contributed by atoms with E-state index in [0.29, 0.717) is 18.6 Å². The maximum Gasteiger partial charge on any atom is 0.409 e. The molecule has 0 unspecified atom stereocenters. The van der Waals surface area contributed by atoms with Crippen LogP contribution in [-0.2, 0) is 4.74 Å². The molecular formula is C14H26N2O2. The Morgan fingerprint density at radius 2 is 2.17 bits per heavy atom. The summed E-state index contributed by atoms with van der Waals surface area (Å²) in [6.45, 7) is 5.63. The Labute approximate surface area is 110 Å². The van der Waals surface area contributed by atoms with Crippen LogP contribution in [0.25, 0.3) is 0 Å². The average molecular weight is 254 g/mol. The topological polar surface area (TPSA) is 32.8 Å². The Balaban J connectivity index is 1.81. The first-order valence-corrected chi connectivity index (χ1v) is 7.34. The molecule has 0 saturated carbocycles. The SMILES string of the molecule is CCCCOC(=O)N1CC[C@@H]2[C@@H](CCCN2C)C1. The van der Waals surface area contributed by atoms with Crippen LogP contribution < -0.4 is 0 Å². The van der Waals surface area contributed by atoms with Crippen molar-refractivity contribution in [1.82, 2.24) is 9.80 Å². The van der Waals surface area contributed by atoms with Crippen LogP contribution in [0.3, 0.4) is 0 Å². The first-order valence-electron chi connectivity index (χ1n) is 7.34. The van der Waals surface area contributed by atoms with Gasteiger partial charge in [0.2, 0.25) is 0 Å². The summed E-state index contributed by atoms with van der Waals surface area (Å²) in [6, 6.07) is 0.679. The van der Waals surface area contributed by atoms with Gasteiger partial charge in [-0.2, -0.15) is 0 Å². The number of ether oxygens (including phenoxy) is 1. The Bertz CT molecular complexity index is 283. The molecule has 2 saturated heterocycles.